The normalized spacial score (nSPS) is 20.2. The predicted molar refractivity (Wildman–Crippen MR) is 97.8 cm³/mol. The number of rotatable bonds is 6. The number of aliphatic imine (C=N–C) groups is 1. The first-order valence-corrected chi connectivity index (χ1v) is 8.75. The maximum Gasteiger partial charge on any atom is 0.152 e. The number of hydrogen-bond donors (Lipinski definition) is 0. The molecule has 0 saturated heterocycles. The average Bonchev–Trinajstić information content (AvgIpc) is 2.88. The van der Waals surface area contributed by atoms with Gasteiger partial charge in [-0.1, -0.05) is 30.7 Å². The molecule has 130 valence electrons. The molecule has 1 unspecified atom stereocenters. The Morgan fingerprint density at radius 1 is 1.29 bits per heavy atom. The molecule has 2 aliphatic rings. The van der Waals surface area contributed by atoms with Crippen LogP contribution in [0.2, 0.25) is 5.02 Å². The van der Waals surface area contributed by atoms with Gasteiger partial charge in [0.2, 0.25) is 0 Å². The van der Waals surface area contributed by atoms with Crippen molar-refractivity contribution < 1.29 is 4.74 Å². The molecule has 0 fully saturated rings. The third-order valence-electron chi connectivity index (χ3n) is 4.39. The quantitative estimate of drug-likeness (QED) is 0.791. The second-order valence-electron chi connectivity index (χ2n) is 6.29. The molecule has 0 saturated carbocycles. The Balaban J connectivity index is 1.82. The number of amidine groups is 1. The molecule has 2 aliphatic heterocycles. The van der Waals surface area contributed by atoms with E-state index in [1.165, 1.54) is 11.3 Å². The molecule has 3 rings (SSSR count). The van der Waals surface area contributed by atoms with E-state index in [9.17, 15) is 0 Å². The van der Waals surface area contributed by atoms with Crippen molar-refractivity contribution in [3.63, 3.8) is 0 Å². The summed E-state index contributed by atoms with van der Waals surface area (Å²) in [6.07, 6.45) is 3.38. The first kappa shape index (κ1) is 17.1. The Hall–Kier alpha value is -1.72. The molecule has 0 bridgehead atoms. The highest BCUT2D eigenvalue weighted by Gasteiger charge is 2.34. The highest BCUT2D eigenvalue weighted by Crippen LogP contribution is 2.27. The lowest BCUT2D eigenvalue weighted by Gasteiger charge is -2.37. The third kappa shape index (κ3) is 3.52. The van der Waals surface area contributed by atoms with Gasteiger partial charge in [-0.2, -0.15) is 0 Å². The maximum absolute atomic E-state index is 5.99. The topological polar surface area (TPSA) is 31.3 Å². The molecule has 0 aliphatic carbocycles. The molecule has 1 atom stereocenters. The summed E-state index contributed by atoms with van der Waals surface area (Å²) in [4.78, 5) is 11.8. The van der Waals surface area contributed by atoms with Gasteiger partial charge in [0, 0.05) is 38.5 Å². The van der Waals surface area contributed by atoms with E-state index in [1.54, 1.807) is 7.11 Å². The number of methoxy groups -OCH3 is 1. The number of halogens is 1. The lowest BCUT2D eigenvalue weighted by molar-refractivity contribution is 0.135. The van der Waals surface area contributed by atoms with Crippen LogP contribution in [0.5, 0.6) is 0 Å². The van der Waals surface area contributed by atoms with Crippen LogP contribution < -0.4 is 0 Å². The van der Waals surface area contributed by atoms with Crippen molar-refractivity contribution in [3.05, 3.63) is 46.7 Å². The standard InChI is InChI=1S/C18H25ClN4O/c1-4-9-23-13-22(10-14-5-7-15(19)8-6-14)11-16-18(23)20-17(12-24-3)21(16)2/h5-8,11,17H,4,9-10,12-13H2,1-3H3. The molecule has 1 aromatic carbocycles. The van der Waals surface area contributed by atoms with E-state index in [-0.39, 0.29) is 6.17 Å². The van der Waals surface area contributed by atoms with Crippen LogP contribution in [0.4, 0.5) is 0 Å². The molecular formula is C18H25ClN4O. The van der Waals surface area contributed by atoms with Gasteiger partial charge in [0.15, 0.2) is 5.84 Å². The number of ether oxygens (including phenoxy) is 1. The van der Waals surface area contributed by atoms with Crippen LogP contribution in [0.25, 0.3) is 0 Å². The molecule has 0 spiro atoms. The van der Waals surface area contributed by atoms with E-state index in [4.69, 9.17) is 21.3 Å². The van der Waals surface area contributed by atoms with Crippen LogP contribution >= 0.6 is 11.6 Å². The van der Waals surface area contributed by atoms with E-state index >= 15 is 0 Å². The van der Waals surface area contributed by atoms with Crippen molar-refractivity contribution in [3.8, 4) is 0 Å². The summed E-state index contributed by atoms with van der Waals surface area (Å²) in [5.41, 5.74) is 2.42. The number of likely N-dealkylation sites (N-methyl/N-ethyl adjacent to an activating group) is 1. The first-order chi connectivity index (χ1) is 11.6. The molecule has 0 radical (unpaired) electrons. The summed E-state index contributed by atoms with van der Waals surface area (Å²) in [7, 11) is 3.81. The van der Waals surface area contributed by atoms with Crippen molar-refractivity contribution in [2.24, 2.45) is 4.99 Å². The summed E-state index contributed by atoms with van der Waals surface area (Å²) in [5, 5.41) is 0.774. The van der Waals surface area contributed by atoms with Crippen LogP contribution in [0, 0.1) is 0 Å². The number of benzene rings is 1. The summed E-state index contributed by atoms with van der Waals surface area (Å²) in [6, 6.07) is 8.06. The molecule has 5 nitrogen and oxygen atoms in total. The Bertz CT molecular complexity index is 628. The molecule has 1 aromatic rings. The van der Waals surface area contributed by atoms with Gasteiger partial charge in [-0.15, -0.1) is 0 Å². The average molecular weight is 349 g/mol. The molecule has 24 heavy (non-hydrogen) atoms. The van der Waals surface area contributed by atoms with Gasteiger partial charge in [-0.3, -0.25) is 0 Å². The second kappa shape index (κ2) is 7.45. The van der Waals surface area contributed by atoms with Gasteiger partial charge < -0.3 is 19.4 Å². The van der Waals surface area contributed by atoms with Gasteiger partial charge in [0.1, 0.15) is 6.17 Å². The third-order valence-corrected chi connectivity index (χ3v) is 4.64. The second-order valence-corrected chi connectivity index (χ2v) is 6.73. The van der Waals surface area contributed by atoms with E-state index < -0.39 is 0 Å². The zero-order valence-electron chi connectivity index (χ0n) is 14.6. The van der Waals surface area contributed by atoms with Crippen molar-refractivity contribution >= 4 is 17.4 Å². The SMILES string of the molecule is CCCN1CN(Cc2ccc(Cl)cc2)C=C2C1=NC(COC)N2C. The Morgan fingerprint density at radius 3 is 2.71 bits per heavy atom. The minimum Gasteiger partial charge on any atom is -0.381 e. The van der Waals surface area contributed by atoms with Gasteiger partial charge in [0.25, 0.3) is 0 Å². The van der Waals surface area contributed by atoms with Crippen molar-refractivity contribution in [1.82, 2.24) is 14.7 Å². The van der Waals surface area contributed by atoms with Crippen LogP contribution in [0.3, 0.4) is 0 Å². The van der Waals surface area contributed by atoms with E-state index in [0.717, 1.165) is 37.0 Å². The molecule has 2 heterocycles. The van der Waals surface area contributed by atoms with Crippen LogP contribution in [-0.4, -0.2) is 60.7 Å². The Labute approximate surface area is 149 Å². The minimum absolute atomic E-state index is 0.0612. The summed E-state index contributed by atoms with van der Waals surface area (Å²) >= 11 is 5.99. The van der Waals surface area contributed by atoms with Gasteiger partial charge in [-0.05, 0) is 24.1 Å². The van der Waals surface area contributed by atoms with E-state index in [0.29, 0.717) is 6.61 Å². The highest BCUT2D eigenvalue weighted by molar-refractivity contribution is 6.30. The van der Waals surface area contributed by atoms with Crippen LogP contribution in [0.1, 0.15) is 18.9 Å². The summed E-state index contributed by atoms with van der Waals surface area (Å²) in [6.45, 7) is 5.52. The molecule has 6 heteroatoms. The Morgan fingerprint density at radius 2 is 2.04 bits per heavy atom. The van der Waals surface area contributed by atoms with Gasteiger partial charge >= 0.3 is 0 Å². The number of hydrogen-bond acceptors (Lipinski definition) is 5. The molecule has 0 N–H and O–H groups in total. The number of fused-ring (bicyclic) bond motifs is 1. The summed E-state index contributed by atoms with van der Waals surface area (Å²) in [5.74, 6) is 1.09. The largest absolute Gasteiger partial charge is 0.381 e. The molecule has 0 amide bonds. The zero-order valence-corrected chi connectivity index (χ0v) is 15.3. The lowest BCUT2D eigenvalue weighted by atomic mass is 10.2. The van der Waals surface area contributed by atoms with Crippen LogP contribution in [-0.2, 0) is 11.3 Å². The molecule has 0 aromatic heterocycles. The summed E-state index contributed by atoms with van der Waals surface area (Å²) < 4.78 is 5.31. The first-order valence-electron chi connectivity index (χ1n) is 8.37. The fourth-order valence-corrected chi connectivity index (χ4v) is 3.30. The fraction of sp³-hybridized carbons (Fsp3) is 0.500. The van der Waals surface area contributed by atoms with Gasteiger partial charge in [-0.25, -0.2) is 4.99 Å². The monoisotopic (exact) mass is 348 g/mol. The van der Waals surface area contributed by atoms with Crippen LogP contribution in [0.15, 0.2) is 41.2 Å². The van der Waals surface area contributed by atoms with Crippen molar-refractivity contribution in [2.45, 2.75) is 26.1 Å². The maximum atomic E-state index is 5.99. The fourth-order valence-electron chi connectivity index (χ4n) is 3.17. The Kier molecular flexibility index (Phi) is 5.31. The molecular weight excluding hydrogens is 324 g/mol. The minimum atomic E-state index is 0.0612. The lowest BCUT2D eigenvalue weighted by Crippen LogP contribution is -2.45. The van der Waals surface area contributed by atoms with Crippen molar-refractivity contribution in [1.29, 1.82) is 0 Å². The van der Waals surface area contributed by atoms with Gasteiger partial charge in [0.05, 0.1) is 19.0 Å². The predicted octanol–water partition coefficient (Wildman–Crippen LogP) is 2.98. The van der Waals surface area contributed by atoms with Crippen molar-refractivity contribution in [2.75, 3.05) is 34.0 Å². The van der Waals surface area contributed by atoms with E-state index in [2.05, 4.69) is 47.0 Å². The highest BCUT2D eigenvalue weighted by atomic mass is 35.5. The van der Waals surface area contributed by atoms with E-state index in [1.807, 2.05) is 12.1 Å². The smallest absolute Gasteiger partial charge is 0.152 e. The number of nitrogens with zero attached hydrogens (tertiary/aromatic N) is 4. The zero-order chi connectivity index (χ0) is 17.1.